The van der Waals surface area contributed by atoms with Gasteiger partial charge in [-0.1, -0.05) is 26.3 Å². The van der Waals surface area contributed by atoms with E-state index in [-0.39, 0.29) is 0 Å². The van der Waals surface area contributed by atoms with Crippen molar-refractivity contribution in [2.24, 2.45) is 0 Å². The molecule has 3 nitrogen and oxygen atoms in total. The minimum Gasteiger partial charge on any atom is -0.378 e. The Morgan fingerprint density at radius 1 is 1.29 bits per heavy atom. The molecule has 2 aromatic rings. The molecule has 0 saturated carbocycles. The maximum Gasteiger partial charge on any atom is 0.0481 e. The first kappa shape index (κ1) is 13.3. The fraction of sp³-hybridized carbons (Fsp3) is 0.357. The van der Waals surface area contributed by atoms with Gasteiger partial charge >= 0.3 is 0 Å². The molecule has 2 rings (SSSR count). The topological polar surface area (TPSA) is 42.9 Å². The van der Waals surface area contributed by atoms with Crippen LogP contribution in [0.2, 0.25) is 0 Å². The zero-order chi connectivity index (χ0) is 12.8. The predicted molar refractivity (Wildman–Crippen MR) is 76.5 cm³/mol. The lowest BCUT2D eigenvalue weighted by molar-refractivity contribution is 1.09. The molecule has 0 aliphatic carbocycles. The molecule has 1 aromatic carbocycles. The van der Waals surface area contributed by atoms with Crippen LogP contribution in [-0.4, -0.2) is 25.3 Å². The molecule has 17 heavy (non-hydrogen) atoms. The van der Waals surface area contributed by atoms with Crippen molar-refractivity contribution in [1.82, 2.24) is 4.98 Å². The number of nitrogens with one attached hydrogen (secondary N) is 2. The van der Waals surface area contributed by atoms with Crippen LogP contribution in [0.15, 0.2) is 24.4 Å². The quantitative estimate of drug-likeness (QED) is 0.761. The molecular weight excluding hydrogens is 210 g/mol. The lowest BCUT2D eigenvalue weighted by Gasteiger charge is -2.11. The van der Waals surface area contributed by atoms with E-state index in [1.807, 2.05) is 26.4 Å². The van der Waals surface area contributed by atoms with Crippen LogP contribution in [-0.2, 0) is 0 Å². The number of aromatic amines is 1. The summed E-state index contributed by atoms with van der Waals surface area (Å²) >= 11 is 0. The largest absolute Gasteiger partial charge is 0.378 e. The monoisotopic (exact) mass is 231 g/mol. The molecule has 0 saturated heterocycles. The minimum atomic E-state index is 0.935. The highest BCUT2D eigenvalue weighted by molar-refractivity contribution is 5.99. The maximum atomic E-state index is 7.23. The smallest absolute Gasteiger partial charge is 0.0481 e. The lowest BCUT2D eigenvalue weighted by atomic mass is 10.1. The molecule has 92 valence electrons. The van der Waals surface area contributed by atoms with Gasteiger partial charge < -0.3 is 15.3 Å². The van der Waals surface area contributed by atoms with Gasteiger partial charge in [0, 0.05) is 48.7 Å². The SMILES string of the molecule is CCC.CN(C)c1ccc2c(C=N)c[nH]c2c1. The van der Waals surface area contributed by atoms with Crippen LogP contribution in [0.25, 0.3) is 10.9 Å². The summed E-state index contributed by atoms with van der Waals surface area (Å²) in [6, 6.07) is 6.19. The van der Waals surface area contributed by atoms with E-state index in [4.69, 9.17) is 5.41 Å². The molecule has 1 heterocycles. The summed E-state index contributed by atoms with van der Waals surface area (Å²) in [5.41, 5.74) is 3.18. The van der Waals surface area contributed by atoms with Crippen LogP contribution in [0.5, 0.6) is 0 Å². The molecule has 0 atom stereocenters. The predicted octanol–water partition coefficient (Wildman–Crippen LogP) is 3.65. The Bertz CT molecular complexity index is 483. The van der Waals surface area contributed by atoms with Crippen LogP contribution in [0.1, 0.15) is 25.8 Å². The van der Waals surface area contributed by atoms with Crippen LogP contribution in [0.3, 0.4) is 0 Å². The average Bonchev–Trinajstić information content (AvgIpc) is 2.71. The molecular formula is C14H21N3. The second-order valence-electron chi connectivity index (χ2n) is 4.22. The van der Waals surface area contributed by atoms with E-state index in [1.54, 1.807) is 0 Å². The van der Waals surface area contributed by atoms with E-state index in [0.29, 0.717) is 0 Å². The number of anilines is 1. The first-order chi connectivity index (χ1) is 8.13. The van der Waals surface area contributed by atoms with Crippen molar-refractivity contribution in [2.75, 3.05) is 19.0 Å². The van der Waals surface area contributed by atoms with E-state index in [1.165, 1.54) is 12.6 Å². The Morgan fingerprint density at radius 3 is 2.47 bits per heavy atom. The third kappa shape index (κ3) is 3.09. The highest BCUT2D eigenvalue weighted by Gasteiger charge is 2.02. The van der Waals surface area contributed by atoms with Gasteiger partial charge in [-0.3, -0.25) is 0 Å². The summed E-state index contributed by atoms with van der Waals surface area (Å²) in [6.45, 7) is 4.25. The van der Waals surface area contributed by atoms with Gasteiger partial charge in [0.1, 0.15) is 0 Å². The summed E-state index contributed by atoms with van der Waals surface area (Å²) in [4.78, 5) is 5.22. The van der Waals surface area contributed by atoms with Crippen molar-refractivity contribution >= 4 is 22.8 Å². The van der Waals surface area contributed by atoms with Crippen LogP contribution >= 0.6 is 0 Å². The number of nitrogens with zero attached hydrogens (tertiary/aromatic N) is 1. The van der Waals surface area contributed by atoms with E-state index < -0.39 is 0 Å². The molecule has 2 N–H and O–H groups in total. The van der Waals surface area contributed by atoms with Crippen LogP contribution in [0, 0.1) is 5.41 Å². The third-order valence-corrected chi connectivity index (χ3v) is 2.37. The molecule has 0 fully saturated rings. The van der Waals surface area contributed by atoms with Crippen LogP contribution in [0.4, 0.5) is 5.69 Å². The first-order valence-corrected chi connectivity index (χ1v) is 5.92. The third-order valence-electron chi connectivity index (χ3n) is 2.37. The molecule has 0 spiro atoms. The van der Waals surface area contributed by atoms with Gasteiger partial charge in [0.25, 0.3) is 0 Å². The normalized spacial score (nSPS) is 9.65. The highest BCUT2D eigenvalue weighted by atomic mass is 15.1. The zero-order valence-electron chi connectivity index (χ0n) is 11.0. The average molecular weight is 231 g/mol. The number of hydrogen-bond acceptors (Lipinski definition) is 2. The van der Waals surface area contributed by atoms with Gasteiger partial charge in [0.15, 0.2) is 0 Å². The highest BCUT2D eigenvalue weighted by Crippen LogP contribution is 2.22. The second kappa shape index (κ2) is 6.09. The summed E-state index contributed by atoms with van der Waals surface area (Å²) in [6.07, 6.45) is 4.48. The Morgan fingerprint density at radius 2 is 1.94 bits per heavy atom. The molecule has 0 bridgehead atoms. The first-order valence-electron chi connectivity index (χ1n) is 5.92. The standard InChI is InChI=1S/C11H13N3.C3H8/c1-14(2)9-3-4-10-8(6-12)7-13-11(10)5-9;1-3-2/h3-7,12-13H,1-2H3;3H2,1-2H3. The molecule has 3 heteroatoms. The summed E-state index contributed by atoms with van der Waals surface area (Å²) in [5.74, 6) is 0. The van der Waals surface area contributed by atoms with Gasteiger partial charge in [-0.15, -0.1) is 0 Å². The Balaban J connectivity index is 0.000000437. The Kier molecular flexibility index (Phi) is 4.76. The van der Waals surface area contributed by atoms with Gasteiger partial charge in [-0.25, -0.2) is 0 Å². The van der Waals surface area contributed by atoms with Gasteiger partial charge in [-0.2, -0.15) is 0 Å². The Labute approximate surface area is 103 Å². The van der Waals surface area contributed by atoms with Crippen molar-refractivity contribution in [3.63, 3.8) is 0 Å². The maximum absolute atomic E-state index is 7.23. The van der Waals surface area contributed by atoms with E-state index in [2.05, 4.69) is 35.9 Å². The molecule has 0 amide bonds. The molecule has 1 aromatic heterocycles. The van der Waals surface area contributed by atoms with E-state index in [9.17, 15) is 0 Å². The number of benzene rings is 1. The minimum absolute atomic E-state index is 0.935. The van der Waals surface area contributed by atoms with Gasteiger partial charge in [0.2, 0.25) is 0 Å². The van der Waals surface area contributed by atoms with Gasteiger partial charge in [0.05, 0.1) is 0 Å². The Hall–Kier alpha value is -1.77. The summed E-state index contributed by atoms with van der Waals surface area (Å²) in [5, 5.41) is 8.33. The van der Waals surface area contributed by atoms with E-state index in [0.717, 1.165) is 22.2 Å². The van der Waals surface area contributed by atoms with Crippen molar-refractivity contribution < 1.29 is 0 Å². The van der Waals surface area contributed by atoms with Crippen LogP contribution < -0.4 is 4.90 Å². The van der Waals surface area contributed by atoms with Crippen molar-refractivity contribution in [2.45, 2.75) is 20.3 Å². The number of fused-ring (bicyclic) bond motifs is 1. The molecule has 0 unspecified atom stereocenters. The lowest BCUT2D eigenvalue weighted by Crippen LogP contribution is -2.07. The van der Waals surface area contributed by atoms with Gasteiger partial charge in [-0.05, 0) is 12.1 Å². The van der Waals surface area contributed by atoms with Crippen molar-refractivity contribution in [1.29, 1.82) is 5.41 Å². The number of aromatic nitrogens is 1. The molecule has 0 aliphatic heterocycles. The van der Waals surface area contributed by atoms with Crippen molar-refractivity contribution in [3.8, 4) is 0 Å². The zero-order valence-corrected chi connectivity index (χ0v) is 11.0. The molecule has 0 aliphatic rings. The number of rotatable bonds is 2. The number of H-pyrrole nitrogens is 1. The molecule has 0 radical (unpaired) electrons. The summed E-state index contributed by atoms with van der Waals surface area (Å²) in [7, 11) is 4.03. The fourth-order valence-corrected chi connectivity index (χ4v) is 1.53. The van der Waals surface area contributed by atoms with Crippen molar-refractivity contribution in [3.05, 3.63) is 30.0 Å². The fourth-order valence-electron chi connectivity index (χ4n) is 1.53. The number of hydrogen-bond donors (Lipinski definition) is 2. The summed E-state index contributed by atoms with van der Waals surface area (Å²) < 4.78 is 0. The second-order valence-corrected chi connectivity index (χ2v) is 4.22. The van der Waals surface area contributed by atoms with E-state index >= 15 is 0 Å².